The first-order chi connectivity index (χ1) is 9.50. The van der Waals surface area contributed by atoms with Crippen molar-refractivity contribution in [2.75, 3.05) is 12.4 Å². The molecule has 116 valence electrons. The van der Waals surface area contributed by atoms with E-state index in [-0.39, 0.29) is 11.3 Å². The Hall–Kier alpha value is -1.95. The van der Waals surface area contributed by atoms with Gasteiger partial charge in [0.15, 0.2) is 0 Å². The van der Waals surface area contributed by atoms with Crippen LogP contribution in [-0.2, 0) is 9.53 Å². The average Bonchev–Trinajstić information content (AvgIpc) is 2.36. The second-order valence-corrected chi connectivity index (χ2v) is 5.98. The lowest BCUT2D eigenvalue weighted by Crippen LogP contribution is -2.53. The summed E-state index contributed by atoms with van der Waals surface area (Å²) in [5, 5.41) is 2.55. The van der Waals surface area contributed by atoms with Crippen LogP contribution in [0.25, 0.3) is 0 Å². The van der Waals surface area contributed by atoms with Crippen LogP contribution in [0.1, 0.15) is 38.1 Å². The zero-order chi connectivity index (χ0) is 16.4. The summed E-state index contributed by atoms with van der Waals surface area (Å²) in [6.07, 6.45) is 0. The lowest BCUT2D eigenvalue weighted by Gasteiger charge is -2.37. The summed E-state index contributed by atoms with van der Waals surface area (Å²) in [6.45, 7) is 6.80. The first kappa shape index (κ1) is 17.1. The highest BCUT2D eigenvalue weighted by atomic mass is 19.1. The van der Waals surface area contributed by atoms with Gasteiger partial charge in [-0.15, -0.1) is 0 Å². The minimum absolute atomic E-state index is 0.0594. The number of hydrogen-bond donors (Lipinski definition) is 2. The molecule has 0 atom stereocenters. The van der Waals surface area contributed by atoms with E-state index in [9.17, 15) is 14.0 Å². The summed E-state index contributed by atoms with van der Waals surface area (Å²) in [4.78, 5) is 24.0. The van der Waals surface area contributed by atoms with Crippen molar-refractivity contribution in [3.63, 3.8) is 0 Å². The number of nitrogens with one attached hydrogen (secondary N) is 1. The van der Waals surface area contributed by atoms with E-state index >= 15 is 0 Å². The van der Waals surface area contributed by atoms with Crippen molar-refractivity contribution in [3.05, 3.63) is 29.6 Å². The largest absolute Gasteiger partial charge is 0.465 e. The number of benzene rings is 1. The number of amides is 1. The molecule has 1 aromatic carbocycles. The molecule has 5 nitrogen and oxygen atoms in total. The topological polar surface area (TPSA) is 81.4 Å². The SMILES string of the molecule is COC(=O)c1ccc(F)cc1NC(=O)C(C)(C)C(C)(C)N. The van der Waals surface area contributed by atoms with Gasteiger partial charge >= 0.3 is 5.97 Å². The number of rotatable bonds is 4. The standard InChI is InChI=1S/C15H21FN2O3/c1-14(2,15(3,4)17)13(20)18-11-8-9(16)6-7-10(11)12(19)21-5/h6-8H,17H2,1-5H3,(H,18,20). The number of hydrogen-bond acceptors (Lipinski definition) is 4. The van der Waals surface area contributed by atoms with Gasteiger partial charge in [0.1, 0.15) is 5.82 Å². The van der Waals surface area contributed by atoms with E-state index in [2.05, 4.69) is 10.1 Å². The molecule has 0 aliphatic carbocycles. The normalized spacial score (nSPS) is 12.0. The van der Waals surface area contributed by atoms with Crippen LogP contribution in [0.4, 0.5) is 10.1 Å². The third kappa shape index (κ3) is 3.58. The van der Waals surface area contributed by atoms with Crippen LogP contribution < -0.4 is 11.1 Å². The Balaban J connectivity index is 3.16. The Morgan fingerprint density at radius 3 is 2.29 bits per heavy atom. The van der Waals surface area contributed by atoms with E-state index < -0.39 is 28.6 Å². The van der Waals surface area contributed by atoms with Gasteiger partial charge in [-0.25, -0.2) is 9.18 Å². The number of halogens is 1. The molecule has 0 spiro atoms. The molecule has 0 saturated heterocycles. The van der Waals surface area contributed by atoms with Gasteiger partial charge in [0.2, 0.25) is 5.91 Å². The number of esters is 1. The van der Waals surface area contributed by atoms with Crippen LogP contribution in [0.15, 0.2) is 18.2 Å². The zero-order valence-corrected chi connectivity index (χ0v) is 12.9. The van der Waals surface area contributed by atoms with Crippen molar-refractivity contribution < 1.29 is 18.7 Å². The molecule has 0 fully saturated rings. The molecular weight excluding hydrogens is 275 g/mol. The van der Waals surface area contributed by atoms with E-state index in [4.69, 9.17) is 5.73 Å². The maximum Gasteiger partial charge on any atom is 0.339 e. The number of carbonyl (C=O) groups excluding carboxylic acids is 2. The summed E-state index contributed by atoms with van der Waals surface area (Å²) in [5.41, 5.74) is 4.42. The monoisotopic (exact) mass is 296 g/mol. The van der Waals surface area contributed by atoms with Gasteiger partial charge < -0.3 is 15.8 Å². The van der Waals surface area contributed by atoms with Gasteiger partial charge in [0, 0.05) is 5.54 Å². The van der Waals surface area contributed by atoms with Gasteiger partial charge in [0.25, 0.3) is 0 Å². The molecule has 1 rings (SSSR count). The lowest BCUT2D eigenvalue weighted by molar-refractivity contribution is -0.126. The van der Waals surface area contributed by atoms with Crippen LogP contribution in [0.5, 0.6) is 0 Å². The maximum absolute atomic E-state index is 13.4. The summed E-state index contributed by atoms with van der Waals surface area (Å²) < 4.78 is 18.0. The van der Waals surface area contributed by atoms with E-state index in [1.165, 1.54) is 13.2 Å². The van der Waals surface area contributed by atoms with E-state index in [1.54, 1.807) is 27.7 Å². The molecule has 0 radical (unpaired) electrons. The second kappa shape index (κ2) is 5.81. The molecular formula is C15H21FN2O3. The van der Waals surface area contributed by atoms with Gasteiger partial charge in [-0.1, -0.05) is 0 Å². The molecule has 0 aliphatic heterocycles. The number of methoxy groups -OCH3 is 1. The van der Waals surface area contributed by atoms with Crippen LogP contribution in [-0.4, -0.2) is 24.5 Å². The van der Waals surface area contributed by atoms with Crippen molar-refractivity contribution in [2.45, 2.75) is 33.2 Å². The van der Waals surface area contributed by atoms with Crippen molar-refractivity contribution in [2.24, 2.45) is 11.1 Å². The molecule has 1 aromatic rings. The van der Waals surface area contributed by atoms with E-state index in [0.717, 1.165) is 12.1 Å². The second-order valence-electron chi connectivity index (χ2n) is 5.98. The molecule has 0 saturated carbocycles. The van der Waals surface area contributed by atoms with E-state index in [1.807, 2.05) is 0 Å². The highest BCUT2D eigenvalue weighted by Crippen LogP contribution is 2.30. The first-order valence-electron chi connectivity index (χ1n) is 6.49. The molecule has 21 heavy (non-hydrogen) atoms. The molecule has 0 heterocycles. The number of nitrogens with two attached hydrogens (primary N) is 1. The third-order valence-corrected chi connectivity index (χ3v) is 3.81. The van der Waals surface area contributed by atoms with Crippen LogP contribution in [0.2, 0.25) is 0 Å². The third-order valence-electron chi connectivity index (χ3n) is 3.81. The van der Waals surface area contributed by atoms with Crippen LogP contribution in [0.3, 0.4) is 0 Å². The smallest absolute Gasteiger partial charge is 0.339 e. The highest BCUT2D eigenvalue weighted by Gasteiger charge is 2.40. The van der Waals surface area contributed by atoms with Gasteiger partial charge in [-0.2, -0.15) is 0 Å². The molecule has 0 aliphatic rings. The maximum atomic E-state index is 13.4. The first-order valence-corrected chi connectivity index (χ1v) is 6.49. The van der Waals surface area contributed by atoms with Crippen molar-refractivity contribution in [1.82, 2.24) is 0 Å². The summed E-state index contributed by atoms with van der Waals surface area (Å²) in [5.74, 6) is -1.64. The van der Waals surface area contributed by atoms with Crippen molar-refractivity contribution >= 4 is 17.6 Å². The molecule has 0 unspecified atom stereocenters. The van der Waals surface area contributed by atoms with Crippen molar-refractivity contribution in [3.8, 4) is 0 Å². The highest BCUT2D eigenvalue weighted by molar-refractivity contribution is 6.03. The van der Waals surface area contributed by atoms with Crippen LogP contribution >= 0.6 is 0 Å². The van der Waals surface area contributed by atoms with Gasteiger partial charge in [-0.05, 0) is 45.9 Å². The fourth-order valence-electron chi connectivity index (χ4n) is 1.48. The fraction of sp³-hybridized carbons (Fsp3) is 0.467. The predicted octanol–water partition coefficient (Wildman–Crippen LogP) is 2.31. The summed E-state index contributed by atoms with van der Waals surface area (Å²) in [6, 6.07) is 3.46. The Labute approximate surface area is 123 Å². The Kier molecular flexibility index (Phi) is 4.73. The molecule has 0 aromatic heterocycles. The molecule has 6 heteroatoms. The number of carbonyl (C=O) groups is 2. The fourth-order valence-corrected chi connectivity index (χ4v) is 1.48. The van der Waals surface area contributed by atoms with Gasteiger partial charge in [0.05, 0.1) is 23.8 Å². The summed E-state index contributed by atoms with van der Waals surface area (Å²) in [7, 11) is 1.21. The lowest BCUT2D eigenvalue weighted by atomic mass is 9.74. The van der Waals surface area contributed by atoms with Crippen molar-refractivity contribution in [1.29, 1.82) is 0 Å². The summed E-state index contributed by atoms with van der Waals surface area (Å²) >= 11 is 0. The number of ether oxygens (including phenoxy) is 1. The average molecular weight is 296 g/mol. The quantitative estimate of drug-likeness (QED) is 0.835. The number of anilines is 1. The Morgan fingerprint density at radius 1 is 1.24 bits per heavy atom. The Bertz CT molecular complexity index is 563. The molecule has 0 bridgehead atoms. The zero-order valence-electron chi connectivity index (χ0n) is 12.9. The molecule has 3 N–H and O–H groups in total. The minimum atomic E-state index is -0.924. The minimum Gasteiger partial charge on any atom is -0.465 e. The van der Waals surface area contributed by atoms with E-state index in [0.29, 0.717) is 0 Å². The van der Waals surface area contributed by atoms with Crippen LogP contribution in [0, 0.1) is 11.2 Å². The molecule has 1 amide bonds. The predicted molar refractivity (Wildman–Crippen MR) is 78.4 cm³/mol. The van der Waals surface area contributed by atoms with Gasteiger partial charge in [-0.3, -0.25) is 4.79 Å². The Morgan fingerprint density at radius 2 is 1.81 bits per heavy atom.